The van der Waals surface area contributed by atoms with Crippen LogP contribution in [0.4, 0.5) is 0 Å². The van der Waals surface area contributed by atoms with Crippen LogP contribution in [-0.2, 0) is 4.74 Å². The number of esters is 1. The van der Waals surface area contributed by atoms with Gasteiger partial charge in [0, 0.05) is 0 Å². The van der Waals surface area contributed by atoms with Crippen LogP contribution >= 0.6 is 11.3 Å². The lowest BCUT2D eigenvalue weighted by Gasteiger charge is -2.02. The van der Waals surface area contributed by atoms with Crippen LogP contribution in [0, 0.1) is 6.92 Å². The molecular formula is C13H15N3O3S. The van der Waals surface area contributed by atoms with E-state index in [1.165, 1.54) is 11.3 Å². The van der Waals surface area contributed by atoms with Gasteiger partial charge in [-0.1, -0.05) is 0 Å². The molecule has 0 atom stereocenters. The molecule has 0 aliphatic carbocycles. The first-order valence-corrected chi connectivity index (χ1v) is 7.07. The Labute approximate surface area is 120 Å². The number of carbonyl (C=O) groups is 1. The van der Waals surface area contributed by atoms with E-state index < -0.39 is 5.97 Å². The second kappa shape index (κ2) is 6.42. The smallest absolute Gasteiger partial charge is 0.367 e. The van der Waals surface area contributed by atoms with E-state index in [1.54, 1.807) is 19.3 Å². The fraction of sp³-hybridized carbons (Fsp3) is 0.385. The number of thiazole rings is 1. The molecule has 6 nitrogen and oxygen atoms in total. The Kier molecular flexibility index (Phi) is 4.62. The lowest BCUT2D eigenvalue weighted by Crippen LogP contribution is -2.03. The predicted molar refractivity (Wildman–Crippen MR) is 75.0 cm³/mol. The van der Waals surface area contributed by atoms with E-state index >= 15 is 0 Å². The fourth-order valence-corrected chi connectivity index (χ4v) is 2.50. The Hall–Kier alpha value is -2.02. The summed E-state index contributed by atoms with van der Waals surface area (Å²) in [6.07, 6.45) is 3.17. The van der Waals surface area contributed by atoms with Crippen molar-refractivity contribution in [3.63, 3.8) is 0 Å². The Morgan fingerprint density at radius 3 is 2.75 bits per heavy atom. The van der Waals surface area contributed by atoms with Crippen molar-refractivity contribution in [3.05, 3.63) is 23.1 Å². The van der Waals surface area contributed by atoms with E-state index in [0.29, 0.717) is 29.8 Å². The number of ether oxygens (including phenoxy) is 2. The van der Waals surface area contributed by atoms with E-state index in [0.717, 1.165) is 10.6 Å². The van der Waals surface area contributed by atoms with Gasteiger partial charge in [-0.05, 0) is 20.8 Å². The highest BCUT2D eigenvalue weighted by molar-refractivity contribution is 7.17. The lowest BCUT2D eigenvalue weighted by molar-refractivity contribution is 0.0525. The maximum Gasteiger partial charge on any atom is 0.367 e. The first-order valence-electron chi connectivity index (χ1n) is 6.25. The van der Waals surface area contributed by atoms with Crippen LogP contribution in [0.15, 0.2) is 12.4 Å². The van der Waals surface area contributed by atoms with Crippen LogP contribution in [0.2, 0.25) is 0 Å². The molecule has 0 N–H and O–H groups in total. The molecule has 0 fully saturated rings. The first kappa shape index (κ1) is 14.4. The molecule has 0 aromatic carbocycles. The van der Waals surface area contributed by atoms with E-state index in [-0.39, 0.29) is 0 Å². The number of hydrogen-bond acceptors (Lipinski definition) is 7. The lowest BCUT2D eigenvalue weighted by atomic mass is 10.3. The van der Waals surface area contributed by atoms with Crippen LogP contribution in [0.25, 0.3) is 10.6 Å². The molecule has 0 unspecified atom stereocenters. The molecule has 0 spiro atoms. The third-order valence-corrected chi connectivity index (χ3v) is 3.54. The summed E-state index contributed by atoms with van der Waals surface area (Å²) in [7, 11) is 0. The summed E-state index contributed by atoms with van der Waals surface area (Å²) in [6, 6.07) is 0. The molecule has 2 rings (SSSR count). The number of hydrogen-bond donors (Lipinski definition) is 0. The highest BCUT2D eigenvalue weighted by atomic mass is 32.1. The average molecular weight is 293 g/mol. The third kappa shape index (κ3) is 3.11. The van der Waals surface area contributed by atoms with Gasteiger partial charge in [-0.15, -0.1) is 11.3 Å². The van der Waals surface area contributed by atoms with Gasteiger partial charge in [0.1, 0.15) is 5.69 Å². The molecule has 0 bridgehead atoms. The zero-order valence-electron chi connectivity index (χ0n) is 11.5. The van der Waals surface area contributed by atoms with Crippen LogP contribution in [0.5, 0.6) is 5.88 Å². The molecule has 20 heavy (non-hydrogen) atoms. The van der Waals surface area contributed by atoms with Crippen LogP contribution in [-0.4, -0.2) is 34.1 Å². The largest absolute Gasteiger partial charge is 0.477 e. The third-order valence-electron chi connectivity index (χ3n) is 2.38. The highest BCUT2D eigenvalue weighted by Gasteiger charge is 2.17. The van der Waals surface area contributed by atoms with E-state index in [2.05, 4.69) is 15.0 Å². The van der Waals surface area contributed by atoms with Crippen molar-refractivity contribution in [2.75, 3.05) is 13.2 Å². The van der Waals surface area contributed by atoms with Crippen molar-refractivity contribution in [2.24, 2.45) is 0 Å². The summed E-state index contributed by atoms with van der Waals surface area (Å²) < 4.78 is 10.3. The molecule has 0 aliphatic heterocycles. The number of aromatic nitrogens is 3. The van der Waals surface area contributed by atoms with Gasteiger partial charge in [0.2, 0.25) is 10.9 Å². The molecule has 2 aromatic heterocycles. The average Bonchev–Trinajstić information content (AvgIpc) is 2.82. The zero-order valence-corrected chi connectivity index (χ0v) is 12.4. The SMILES string of the molecule is CCOC(=O)c1nc(C)c(-c2cncc(OCC)n2)s1. The van der Waals surface area contributed by atoms with Gasteiger partial charge < -0.3 is 9.47 Å². The number of nitrogens with zero attached hydrogens (tertiary/aromatic N) is 3. The molecule has 0 saturated heterocycles. The van der Waals surface area contributed by atoms with Crippen molar-refractivity contribution in [1.82, 2.24) is 15.0 Å². The minimum atomic E-state index is -0.416. The van der Waals surface area contributed by atoms with E-state index in [9.17, 15) is 4.79 Å². The molecule has 0 radical (unpaired) electrons. The molecule has 0 aliphatic rings. The van der Waals surface area contributed by atoms with E-state index in [1.807, 2.05) is 13.8 Å². The van der Waals surface area contributed by atoms with Crippen LogP contribution < -0.4 is 4.74 Å². The van der Waals surface area contributed by atoms with Crippen molar-refractivity contribution >= 4 is 17.3 Å². The van der Waals surface area contributed by atoms with Gasteiger partial charge in [-0.25, -0.2) is 14.8 Å². The minimum Gasteiger partial charge on any atom is -0.477 e. The summed E-state index contributed by atoms with van der Waals surface area (Å²) in [6.45, 7) is 6.31. The molecule has 7 heteroatoms. The fourth-order valence-electron chi connectivity index (χ4n) is 1.59. The Bertz CT molecular complexity index is 613. The summed E-state index contributed by atoms with van der Waals surface area (Å²) in [5.74, 6) is 0.0382. The molecule has 106 valence electrons. The zero-order chi connectivity index (χ0) is 14.5. The number of rotatable bonds is 5. The topological polar surface area (TPSA) is 74.2 Å². The van der Waals surface area contributed by atoms with Gasteiger partial charge in [-0.3, -0.25) is 4.98 Å². The van der Waals surface area contributed by atoms with Crippen molar-refractivity contribution in [1.29, 1.82) is 0 Å². The highest BCUT2D eigenvalue weighted by Crippen LogP contribution is 2.29. The van der Waals surface area contributed by atoms with Gasteiger partial charge in [-0.2, -0.15) is 0 Å². The first-order chi connectivity index (χ1) is 9.65. The minimum absolute atomic E-state index is 0.322. The summed E-state index contributed by atoms with van der Waals surface area (Å²) in [5, 5.41) is 0.322. The Balaban J connectivity index is 2.33. The number of carbonyl (C=O) groups excluding carboxylic acids is 1. The van der Waals surface area contributed by atoms with Crippen molar-refractivity contribution in [2.45, 2.75) is 20.8 Å². The maximum atomic E-state index is 11.7. The Morgan fingerprint density at radius 1 is 1.25 bits per heavy atom. The van der Waals surface area contributed by atoms with Gasteiger partial charge in [0.15, 0.2) is 0 Å². The predicted octanol–water partition coefficient (Wildman–Crippen LogP) is 2.48. The van der Waals surface area contributed by atoms with Crippen LogP contribution in [0.1, 0.15) is 29.3 Å². The van der Waals surface area contributed by atoms with Gasteiger partial charge in [0.25, 0.3) is 0 Å². The van der Waals surface area contributed by atoms with Crippen molar-refractivity contribution in [3.8, 4) is 16.5 Å². The molecule has 2 heterocycles. The quantitative estimate of drug-likeness (QED) is 0.788. The van der Waals surface area contributed by atoms with E-state index in [4.69, 9.17) is 9.47 Å². The second-order valence-corrected chi connectivity index (χ2v) is 4.83. The van der Waals surface area contributed by atoms with Gasteiger partial charge >= 0.3 is 5.97 Å². The Morgan fingerprint density at radius 2 is 2.05 bits per heavy atom. The molecule has 0 amide bonds. The van der Waals surface area contributed by atoms with Gasteiger partial charge in [0.05, 0.1) is 36.2 Å². The molecular weight excluding hydrogens is 278 g/mol. The number of aryl methyl sites for hydroxylation is 1. The molecule has 0 saturated carbocycles. The van der Waals surface area contributed by atoms with Crippen molar-refractivity contribution < 1.29 is 14.3 Å². The monoisotopic (exact) mass is 293 g/mol. The summed E-state index contributed by atoms with van der Waals surface area (Å²) >= 11 is 1.24. The standard InChI is InChI=1S/C13H15N3O3S/c1-4-18-10-7-14-6-9(16-10)11-8(3)15-12(20-11)13(17)19-5-2/h6-7H,4-5H2,1-3H3. The van der Waals surface area contributed by atoms with Crippen LogP contribution in [0.3, 0.4) is 0 Å². The summed E-state index contributed by atoms with van der Waals surface area (Å²) in [5.41, 5.74) is 1.36. The summed E-state index contributed by atoms with van der Waals surface area (Å²) in [4.78, 5) is 25.1. The maximum absolute atomic E-state index is 11.7. The second-order valence-electron chi connectivity index (χ2n) is 3.83. The normalized spacial score (nSPS) is 10.3. The molecule has 2 aromatic rings.